The molecular formula is C11H16N2O2. The number of nitrogens with zero attached hydrogens (tertiary/aromatic N) is 1. The van der Waals surface area contributed by atoms with Crippen molar-refractivity contribution in [3.8, 4) is 6.07 Å². The van der Waals surface area contributed by atoms with Gasteiger partial charge in [0.1, 0.15) is 5.41 Å². The molecule has 0 unspecified atom stereocenters. The van der Waals surface area contributed by atoms with E-state index in [4.69, 9.17) is 5.26 Å². The molecule has 0 heterocycles. The minimum atomic E-state index is -0.794. The maximum absolute atomic E-state index is 11.9. The lowest BCUT2D eigenvalue weighted by Crippen LogP contribution is -2.60. The monoisotopic (exact) mass is 208 g/mol. The Hall–Kier alpha value is -1.08. The predicted molar refractivity (Wildman–Crippen MR) is 53.7 cm³/mol. The smallest absolute Gasteiger partial charge is 0.240 e. The Kier molecular flexibility index (Phi) is 2.43. The largest absolute Gasteiger partial charge is 0.394 e. The summed E-state index contributed by atoms with van der Waals surface area (Å²) in [6.07, 6.45) is 4.98. The van der Waals surface area contributed by atoms with E-state index in [2.05, 4.69) is 11.4 Å². The number of carbonyl (C=O) groups is 1. The van der Waals surface area contributed by atoms with E-state index in [1.807, 2.05) is 0 Å². The van der Waals surface area contributed by atoms with Gasteiger partial charge in [0.2, 0.25) is 5.91 Å². The van der Waals surface area contributed by atoms with Crippen molar-refractivity contribution < 1.29 is 9.90 Å². The maximum Gasteiger partial charge on any atom is 0.240 e. The highest BCUT2D eigenvalue weighted by atomic mass is 16.3. The van der Waals surface area contributed by atoms with E-state index < -0.39 is 11.0 Å². The summed E-state index contributed by atoms with van der Waals surface area (Å²) >= 11 is 0. The minimum Gasteiger partial charge on any atom is -0.394 e. The van der Waals surface area contributed by atoms with E-state index >= 15 is 0 Å². The van der Waals surface area contributed by atoms with Gasteiger partial charge >= 0.3 is 0 Å². The Balaban J connectivity index is 2.00. The van der Waals surface area contributed by atoms with Crippen molar-refractivity contribution in [2.75, 3.05) is 6.61 Å². The number of nitriles is 1. The van der Waals surface area contributed by atoms with Gasteiger partial charge in [-0.15, -0.1) is 0 Å². The molecule has 82 valence electrons. The first kappa shape index (κ1) is 10.4. The van der Waals surface area contributed by atoms with Crippen LogP contribution in [0.2, 0.25) is 0 Å². The van der Waals surface area contributed by atoms with Gasteiger partial charge in [-0.05, 0) is 38.5 Å². The molecule has 0 aromatic rings. The van der Waals surface area contributed by atoms with Crippen LogP contribution < -0.4 is 5.32 Å². The molecule has 2 aliphatic rings. The summed E-state index contributed by atoms with van der Waals surface area (Å²) < 4.78 is 0. The quantitative estimate of drug-likeness (QED) is 0.717. The fraction of sp³-hybridized carbons (Fsp3) is 0.818. The third-order valence-corrected chi connectivity index (χ3v) is 3.85. The Morgan fingerprint density at radius 2 is 1.93 bits per heavy atom. The van der Waals surface area contributed by atoms with E-state index in [0.29, 0.717) is 12.8 Å². The average Bonchev–Trinajstić information content (AvgIpc) is 2.10. The average molecular weight is 208 g/mol. The third-order valence-electron chi connectivity index (χ3n) is 3.85. The number of carbonyl (C=O) groups excluding carboxylic acids is 1. The van der Waals surface area contributed by atoms with Gasteiger partial charge in [-0.2, -0.15) is 5.26 Å². The van der Waals surface area contributed by atoms with Gasteiger partial charge in [-0.3, -0.25) is 4.79 Å². The summed E-state index contributed by atoms with van der Waals surface area (Å²) in [5.41, 5.74) is -1.21. The molecule has 0 radical (unpaired) electrons. The molecule has 1 amide bonds. The summed E-state index contributed by atoms with van der Waals surface area (Å²) in [5.74, 6) is -0.176. The van der Waals surface area contributed by atoms with Crippen LogP contribution in [0.15, 0.2) is 0 Å². The number of hydrogen-bond donors (Lipinski definition) is 2. The van der Waals surface area contributed by atoms with Crippen molar-refractivity contribution in [2.45, 2.75) is 44.1 Å². The number of rotatable bonds is 3. The van der Waals surface area contributed by atoms with Crippen LogP contribution in [0.3, 0.4) is 0 Å². The topological polar surface area (TPSA) is 73.1 Å². The number of hydrogen-bond acceptors (Lipinski definition) is 3. The van der Waals surface area contributed by atoms with Crippen LogP contribution in [-0.2, 0) is 4.79 Å². The fourth-order valence-corrected chi connectivity index (χ4v) is 2.21. The molecule has 2 rings (SSSR count). The zero-order chi connectivity index (χ0) is 10.9. The highest BCUT2D eigenvalue weighted by Gasteiger charge is 2.48. The zero-order valence-corrected chi connectivity index (χ0v) is 8.75. The summed E-state index contributed by atoms with van der Waals surface area (Å²) in [5, 5.41) is 21.1. The van der Waals surface area contributed by atoms with Gasteiger partial charge in [0.15, 0.2) is 0 Å². The molecule has 0 atom stereocenters. The van der Waals surface area contributed by atoms with Gasteiger partial charge < -0.3 is 10.4 Å². The van der Waals surface area contributed by atoms with Crippen LogP contribution in [0, 0.1) is 16.7 Å². The number of nitrogens with one attached hydrogen (secondary N) is 1. The van der Waals surface area contributed by atoms with Crippen molar-refractivity contribution in [3.05, 3.63) is 0 Å². The SMILES string of the molecule is N#CC1(C(=O)NC2(CO)CCC2)CCC1. The normalized spacial score (nSPS) is 25.6. The third kappa shape index (κ3) is 1.51. The molecule has 0 aromatic heterocycles. The number of aliphatic hydroxyl groups is 1. The lowest BCUT2D eigenvalue weighted by atomic mass is 9.68. The van der Waals surface area contributed by atoms with E-state index in [9.17, 15) is 9.90 Å². The second-order valence-electron chi connectivity index (χ2n) is 4.79. The van der Waals surface area contributed by atoms with Gasteiger partial charge in [0.05, 0.1) is 18.2 Å². The number of amides is 1. The predicted octanol–water partition coefficient (Wildman–Crippen LogP) is 0.711. The summed E-state index contributed by atoms with van der Waals surface area (Å²) in [7, 11) is 0. The van der Waals surface area contributed by atoms with Crippen molar-refractivity contribution in [2.24, 2.45) is 5.41 Å². The molecule has 2 N–H and O–H groups in total. The molecule has 0 saturated heterocycles. The Morgan fingerprint density at radius 3 is 2.20 bits per heavy atom. The Bertz CT molecular complexity index is 306. The van der Waals surface area contributed by atoms with Crippen molar-refractivity contribution in [1.82, 2.24) is 5.32 Å². The summed E-state index contributed by atoms with van der Waals surface area (Å²) in [6, 6.07) is 2.12. The second kappa shape index (κ2) is 3.49. The van der Waals surface area contributed by atoms with E-state index in [1.165, 1.54) is 0 Å². The first-order chi connectivity index (χ1) is 7.16. The van der Waals surface area contributed by atoms with Gasteiger partial charge in [-0.25, -0.2) is 0 Å². The second-order valence-corrected chi connectivity index (χ2v) is 4.79. The molecule has 2 aliphatic carbocycles. The molecule has 4 heteroatoms. The lowest BCUT2D eigenvalue weighted by Gasteiger charge is -2.44. The van der Waals surface area contributed by atoms with Crippen molar-refractivity contribution >= 4 is 5.91 Å². The van der Waals surface area contributed by atoms with Gasteiger partial charge in [-0.1, -0.05) is 0 Å². The molecule has 0 aromatic carbocycles. The molecule has 15 heavy (non-hydrogen) atoms. The van der Waals surface area contributed by atoms with Gasteiger partial charge in [0, 0.05) is 0 Å². The molecule has 2 saturated carbocycles. The molecule has 4 nitrogen and oxygen atoms in total. The fourth-order valence-electron chi connectivity index (χ4n) is 2.21. The van der Waals surface area contributed by atoms with E-state index in [0.717, 1.165) is 25.7 Å². The van der Waals surface area contributed by atoms with Crippen LogP contribution in [0.4, 0.5) is 0 Å². The maximum atomic E-state index is 11.9. The molecular weight excluding hydrogens is 192 g/mol. The van der Waals surface area contributed by atoms with Crippen LogP contribution in [0.5, 0.6) is 0 Å². The highest BCUT2D eigenvalue weighted by Crippen LogP contribution is 2.42. The minimum absolute atomic E-state index is 0.0136. The number of aliphatic hydroxyl groups excluding tert-OH is 1. The Morgan fingerprint density at radius 1 is 1.33 bits per heavy atom. The molecule has 0 aliphatic heterocycles. The summed E-state index contributed by atoms with van der Waals surface area (Å²) in [6.45, 7) is -0.0136. The highest BCUT2D eigenvalue weighted by molar-refractivity contribution is 5.87. The van der Waals surface area contributed by atoms with Crippen LogP contribution in [0.1, 0.15) is 38.5 Å². The first-order valence-electron chi connectivity index (χ1n) is 5.51. The van der Waals surface area contributed by atoms with Crippen molar-refractivity contribution in [3.63, 3.8) is 0 Å². The first-order valence-corrected chi connectivity index (χ1v) is 5.51. The molecule has 0 spiro atoms. The zero-order valence-electron chi connectivity index (χ0n) is 8.75. The van der Waals surface area contributed by atoms with E-state index in [-0.39, 0.29) is 12.5 Å². The van der Waals surface area contributed by atoms with Gasteiger partial charge in [0.25, 0.3) is 0 Å². The van der Waals surface area contributed by atoms with Crippen LogP contribution >= 0.6 is 0 Å². The van der Waals surface area contributed by atoms with Crippen LogP contribution in [0.25, 0.3) is 0 Å². The molecule has 0 bridgehead atoms. The van der Waals surface area contributed by atoms with Crippen molar-refractivity contribution in [1.29, 1.82) is 5.26 Å². The van der Waals surface area contributed by atoms with E-state index in [1.54, 1.807) is 0 Å². The molecule has 2 fully saturated rings. The standard InChI is InChI=1S/C11H16N2O2/c12-7-10(3-1-4-10)9(15)13-11(8-14)5-2-6-11/h14H,1-6,8H2,(H,13,15). The summed E-state index contributed by atoms with van der Waals surface area (Å²) in [4.78, 5) is 11.9. The lowest BCUT2D eigenvalue weighted by molar-refractivity contribution is -0.136. The van der Waals surface area contributed by atoms with Crippen LogP contribution in [-0.4, -0.2) is 23.2 Å². The Labute approximate surface area is 89.3 Å².